The van der Waals surface area contributed by atoms with Crippen molar-refractivity contribution in [3.8, 4) is 10.6 Å². The predicted molar refractivity (Wildman–Crippen MR) is 62.7 cm³/mol. The fourth-order valence-corrected chi connectivity index (χ4v) is 2.35. The molecule has 0 radical (unpaired) electrons. The molecular weight excluding hydrogens is 250 g/mol. The van der Waals surface area contributed by atoms with Crippen molar-refractivity contribution in [3.05, 3.63) is 35.1 Å². The second-order valence-electron chi connectivity index (χ2n) is 3.24. The smallest absolute Gasteiger partial charge is 0.228 e. The number of hydrogen-bond acceptors (Lipinski definition) is 4. The summed E-state index contributed by atoms with van der Waals surface area (Å²) in [7, 11) is 0. The minimum Gasteiger partial charge on any atom is -0.261 e. The van der Waals surface area contributed by atoms with Gasteiger partial charge in [0.05, 0.1) is 11.1 Å². The average molecular weight is 258 g/mol. The minimum atomic E-state index is -0.549. The number of halogens is 2. The summed E-state index contributed by atoms with van der Waals surface area (Å²) < 4.78 is 26.3. The summed E-state index contributed by atoms with van der Waals surface area (Å²) in [5, 5.41) is 0.188. The number of thiol groups is 1. The molecule has 1 unspecified atom stereocenters. The first-order chi connectivity index (χ1) is 7.58. The van der Waals surface area contributed by atoms with Gasteiger partial charge in [-0.1, -0.05) is 0 Å². The van der Waals surface area contributed by atoms with E-state index >= 15 is 0 Å². The van der Waals surface area contributed by atoms with Crippen molar-refractivity contribution in [2.45, 2.75) is 12.2 Å². The molecular formula is C10H8F2N2S2. The van der Waals surface area contributed by atoms with Gasteiger partial charge < -0.3 is 0 Å². The lowest BCUT2D eigenvalue weighted by molar-refractivity contribution is 0.579. The molecule has 0 aliphatic carbocycles. The Balaban J connectivity index is 2.45. The molecule has 0 saturated carbocycles. The summed E-state index contributed by atoms with van der Waals surface area (Å²) in [4.78, 5) is 7.88. The monoisotopic (exact) mass is 258 g/mol. The maximum absolute atomic E-state index is 13.4. The molecule has 6 heteroatoms. The summed E-state index contributed by atoms with van der Waals surface area (Å²) >= 11 is 5.30. The molecule has 0 aromatic carbocycles. The van der Waals surface area contributed by atoms with Crippen molar-refractivity contribution in [1.82, 2.24) is 9.97 Å². The lowest BCUT2D eigenvalue weighted by Gasteiger charge is -1.96. The van der Waals surface area contributed by atoms with Crippen molar-refractivity contribution in [2.24, 2.45) is 0 Å². The molecule has 2 aromatic heterocycles. The molecule has 0 spiro atoms. The number of thiazole rings is 1. The van der Waals surface area contributed by atoms with Gasteiger partial charge in [-0.05, 0) is 13.0 Å². The lowest BCUT2D eigenvalue weighted by atomic mass is 10.3. The Morgan fingerprint density at radius 2 is 2.12 bits per heavy atom. The van der Waals surface area contributed by atoms with Crippen LogP contribution in [0.25, 0.3) is 10.6 Å². The number of rotatable bonds is 2. The van der Waals surface area contributed by atoms with Crippen molar-refractivity contribution < 1.29 is 8.78 Å². The first kappa shape index (κ1) is 11.5. The Bertz CT molecular complexity index is 511. The maximum Gasteiger partial charge on any atom is 0.228 e. The predicted octanol–water partition coefficient (Wildman–Crippen LogP) is 3.47. The van der Waals surface area contributed by atoms with Crippen LogP contribution in [0, 0.1) is 11.8 Å². The number of hydrogen-bond donors (Lipinski definition) is 1. The Morgan fingerprint density at radius 1 is 1.38 bits per heavy atom. The van der Waals surface area contributed by atoms with Crippen molar-refractivity contribution in [1.29, 1.82) is 0 Å². The molecule has 0 N–H and O–H groups in total. The zero-order valence-electron chi connectivity index (χ0n) is 8.32. The highest BCUT2D eigenvalue weighted by Crippen LogP contribution is 2.33. The van der Waals surface area contributed by atoms with Crippen LogP contribution >= 0.6 is 24.0 Å². The van der Waals surface area contributed by atoms with Gasteiger partial charge in [0.1, 0.15) is 10.8 Å². The van der Waals surface area contributed by atoms with Gasteiger partial charge in [0.2, 0.25) is 5.95 Å². The van der Waals surface area contributed by atoms with Crippen LogP contribution in [0.2, 0.25) is 0 Å². The third kappa shape index (κ3) is 2.22. The van der Waals surface area contributed by atoms with Crippen LogP contribution in [0.15, 0.2) is 18.5 Å². The van der Waals surface area contributed by atoms with Crippen LogP contribution in [0.3, 0.4) is 0 Å². The standard InChI is InChI=1S/C10H8F2N2S2/c1-5(15)8-9(12)14-10(16-8)6-2-7(11)4-13-3-6/h2-5,15H,1H3. The molecule has 0 aliphatic rings. The van der Waals surface area contributed by atoms with Gasteiger partial charge in [-0.2, -0.15) is 17.0 Å². The van der Waals surface area contributed by atoms with Crippen molar-refractivity contribution in [3.63, 3.8) is 0 Å². The van der Waals surface area contributed by atoms with Crippen molar-refractivity contribution in [2.75, 3.05) is 0 Å². The average Bonchev–Trinajstić information content (AvgIpc) is 2.60. The molecule has 1 atom stereocenters. The summed E-state index contributed by atoms with van der Waals surface area (Å²) in [6.07, 6.45) is 2.55. The SMILES string of the molecule is CC(S)c1sc(-c2cncc(F)c2)nc1F. The molecule has 84 valence electrons. The first-order valence-electron chi connectivity index (χ1n) is 4.53. The van der Waals surface area contributed by atoms with Crippen LogP contribution in [0.1, 0.15) is 17.1 Å². The summed E-state index contributed by atoms with van der Waals surface area (Å²) in [6, 6.07) is 1.28. The zero-order chi connectivity index (χ0) is 11.7. The van der Waals surface area contributed by atoms with Crippen LogP contribution < -0.4 is 0 Å². The third-order valence-electron chi connectivity index (χ3n) is 1.94. The summed E-state index contributed by atoms with van der Waals surface area (Å²) in [5.41, 5.74) is 0.476. The van der Waals surface area contributed by atoms with E-state index in [9.17, 15) is 8.78 Å². The van der Waals surface area contributed by atoms with Crippen LogP contribution in [0.5, 0.6) is 0 Å². The maximum atomic E-state index is 13.4. The Morgan fingerprint density at radius 3 is 2.69 bits per heavy atom. The molecule has 2 heterocycles. The fourth-order valence-electron chi connectivity index (χ4n) is 1.22. The van der Waals surface area contributed by atoms with Crippen LogP contribution in [0.4, 0.5) is 8.78 Å². The molecule has 0 bridgehead atoms. The molecule has 0 fully saturated rings. The summed E-state index contributed by atoms with van der Waals surface area (Å²) in [5.74, 6) is -1.01. The van der Waals surface area contributed by atoms with Gasteiger partial charge in [-0.3, -0.25) is 4.98 Å². The van der Waals surface area contributed by atoms with Gasteiger partial charge in [-0.15, -0.1) is 11.3 Å². The second kappa shape index (κ2) is 4.47. The highest BCUT2D eigenvalue weighted by atomic mass is 32.1. The molecule has 0 aliphatic heterocycles. The van der Waals surface area contributed by atoms with Gasteiger partial charge >= 0.3 is 0 Å². The fraction of sp³-hybridized carbons (Fsp3) is 0.200. The van der Waals surface area contributed by atoms with E-state index < -0.39 is 11.8 Å². The molecule has 2 aromatic rings. The number of nitrogens with zero attached hydrogens (tertiary/aromatic N) is 2. The summed E-state index contributed by atoms with van der Waals surface area (Å²) in [6.45, 7) is 1.76. The van der Waals surface area contributed by atoms with E-state index in [2.05, 4.69) is 22.6 Å². The van der Waals surface area contributed by atoms with E-state index in [1.165, 1.54) is 12.3 Å². The Kier molecular flexibility index (Phi) is 3.20. The first-order valence-corrected chi connectivity index (χ1v) is 5.86. The van der Waals surface area contributed by atoms with Gasteiger partial charge in [-0.25, -0.2) is 9.37 Å². The Labute approximate surface area is 101 Å². The van der Waals surface area contributed by atoms with E-state index in [0.717, 1.165) is 17.5 Å². The van der Waals surface area contributed by atoms with E-state index in [1.54, 1.807) is 6.92 Å². The van der Waals surface area contributed by atoms with E-state index in [0.29, 0.717) is 15.4 Å². The lowest BCUT2D eigenvalue weighted by Crippen LogP contribution is -1.84. The topological polar surface area (TPSA) is 25.8 Å². The zero-order valence-corrected chi connectivity index (χ0v) is 10.0. The molecule has 0 amide bonds. The molecule has 2 nitrogen and oxygen atoms in total. The molecule has 0 saturated heterocycles. The second-order valence-corrected chi connectivity index (χ2v) is 5.05. The van der Waals surface area contributed by atoms with Gasteiger partial charge in [0, 0.05) is 17.0 Å². The highest BCUT2D eigenvalue weighted by Gasteiger charge is 2.15. The van der Waals surface area contributed by atoms with E-state index in [1.807, 2.05) is 0 Å². The number of aromatic nitrogens is 2. The quantitative estimate of drug-likeness (QED) is 0.835. The molecule has 2 rings (SSSR count). The Hall–Kier alpha value is -1.01. The largest absolute Gasteiger partial charge is 0.261 e. The van der Waals surface area contributed by atoms with Gasteiger partial charge in [0.25, 0.3) is 0 Å². The van der Waals surface area contributed by atoms with Crippen LogP contribution in [-0.4, -0.2) is 9.97 Å². The number of pyridine rings is 1. The third-order valence-corrected chi connectivity index (χ3v) is 3.64. The van der Waals surface area contributed by atoms with Crippen LogP contribution in [-0.2, 0) is 0 Å². The highest BCUT2D eigenvalue weighted by molar-refractivity contribution is 7.80. The van der Waals surface area contributed by atoms with E-state index in [-0.39, 0.29) is 5.25 Å². The minimum absolute atomic E-state index is 0.229. The van der Waals surface area contributed by atoms with Crippen molar-refractivity contribution >= 4 is 24.0 Å². The molecule has 16 heavy (non-hydrogen) atoms. The van der Waals surface area contributed by atoms with Gasteiger partial charge in [0.15, 0.2) is 0 Å². The van der Waals surface area contributed by atoms with E-state index in [4.69, 9.17) is 0 Å². The normalized spacial score (nSPS) is 12.8.